The number of aromatic nitrogens is 17. The molecule has 8 aromatic heterocycles. The molecule has 20 rings (SSSR count). The fraction of sp³-hybridized carbons (Fsp3) is 0.326. The van der Waals surface area contributed by atoms with Gasteiger partial charge in [0.2, 0.25) is 17.6 Å². The molecule has 0 radical (unpaired) electrons. The molecule has 12 heterocycles. The predicted molar refractivity (Wildman–Crippen MR) is 419 cm³/mol. The van der Waals surface area contributed by atoms with Gasteiger partial charge in [0.15, 0.2) is 17.5 Å². The van der Waals surface area contributed by atoms with Gasteiger partial charge in [0.25, 0.3) is 23.6 Å². The van der Waals surface area contributed by atoms with E-state index in [4.69, 9.17) is 18.9 Å². The molecule has 12 aromatic rings. The van der Waals surface area contributed by atoms with E-state index in [0.717, 1.165) is 92.7 Å². The standard InChI is InChI=1S/2C22H20FN5O2.C22H21N5O2.C20H20N6O2/c1-13-10-27-20(11-26-13)30-19-8-14-7-18(19)28(12-14)22(29)17-9-15(23)3-4-16(17)21-24-5-2-6-25-21;1-13-10-27-19(11-26-13)30-18-9-14-8-17(18)28(12-14)22(29)20-15(4-2-5-16(20)23)21-24-6-3-7-25-21;1-14-11-26-20(12-25-14)29-19-10-15-9-18(19)27(13-15)22(28)17-6-3-2-5-16(17)21-23-7-4-8-24-21;1-13-10-21-20(22-11-13)28-18-9-14-8-17(18)25(12-14)19(27)15-4-2-3-5-16(15)26-23-6-7-24-26/h2-6,9-11,14,18-19H,7-8,12H2,1H3;2-7,10-11,14,17-18H,8-9,12H2,1H3;2-8,11-12,15,18-19H,9-10,13H2,1H3;2-7,10-11,14,17-18H,8-9,12H2,1H3. The van der Waals surface area contributed by atoms with Gasteiger partial charge in [-0.1, -0.05) is 42.5 Å². The lowest BCUT2D eigenvalue weighted by atomic mass is 10.0. The third-order valence-corrected chi connectivity index (χ3v) is 22.6. The lowest BCUT2D eigenvalue weighted by Gasteiger charge is -2.33. The molecule has 0 N–H and O–H groups in total. The van der Waals surface area contributed by atoms with E-state index >= 15 is 0 Å². The Labute approximate surface area is 671 Å². The first kappa shape index (κ1) is 76.2. The van der Waals surface area contributed by atoms with Crippen molar-refractivity contribution in [3.8, 4) is 63.5 Å². The van der Waals surface area contributed by atoms with Crippen LogP contribution in [0.4, 0.5) is 8.78 Å². The van der Waals surface area contributed by atoms with E-state index in [0.29, 0.717) is 106 Å². The molecule has 4 aliphatic heterocycles. The highest BCUT2D eigenvalue weighted by Crippen LogP contribution is 2.46. The molecular weight excluding hydrogens is 1490 g/mol. The summed E-state index contributed by atoms with van der Waals surface area (Å²) in [6.07, 6.45) is 32.9. The predicted octanol–water partition coefficient (Wildman–Crippen LogP) is 11.1. The molecule has 4 aromatic carbocycles. The number of likely N-dealkylation sites (tertiary alicyclic amines) is 4. The zero-order valence-electron chi connectivity index (χ0n) is 64.4. The topological polar surface area (TPSA) is 329 Å². The van der Waals surface area contributed by atoms with Crippen molar-refractivity contribution in [2.75, 3.05) is 26.2 Å². The van der Waals surface area contributed by atoms with Gasteiger partial charge in [-0.2, -0.15) is 15.0 Å². The Morgan fingerprint density at radius 2 is 0.744 bits per heavy atom. The molecule has 4 aliphatic carbocycles. The normalized spacial score (nSPS) is 22.6. The molecular formula is C86H81F2N21O8. The quantitative estimate of drug-likeness (QED) is 0.0867. The first-order valence-electron chi connectivity index (χ1n) is 39.1. The van der Waals surface area contributed by atoms with E-state index in [1.807, 2.05) is 86.0 Å². The number of rotatable bonds is 16. The van der Waals surface area contributed by atoms with E-state index < -0.39 is 11.6 Å². The zero-order chi connectivity index (χ0) is 80.2. The minimum Gasteiger partial charge on any atom is -0.471 e. The van der Waals surface area contributed by atoms with Crippen molar-refractivity contribution in [3.63, 3.8) is 0 Å². The van der Waals surface area contributed by atoms with Crippen LogP contribution in [-0.2, 0) is 0 Å². The highest BCUT2D eigenvalue weighted by Gasteiger charge is 2.53. The monoisotopic (exact) mass is 1570 g/mol. The molecule has 29 nitrogen and oxygen atoms in total. The highest BCUT2D eigenvalue weighted by atomic mass is 19.1. The number of ether oxygens (including phenoxy) is 4. The van der Waals surface area contributed by atoms with Gasteiger partial charge in [-0.05, 0) is 169 Å². The number of fused-ring (bicyclic) bond motifs is 8. The van der Waals surface area contributed by atoms with Gasteiger partial charge >= 0.3 is 6.01 Å². The van der Waals surface area contributed by atoms with Gasteiger partial charge < -0.3 is 38.5 Å². The Kier molecular flexibility index (Phi) is 21.8. The molecule has 4 saturated heterocycles. The van der Waals surface area contributed by atoms with Crippen LogP contribution in [0.15, 0.2) is 202 Å². The van der Waals surface area contributed by atoms with E-state index in [2.05, 4.69) is 80.0 Å². The second kappa shape index (κ2) is 33.5. The molecule has 8 aliphatic rings. The number of halogens is 2. The summed E-state index contributed by atoms with van der Waals surface area (Å²) in [6.45, 7) is 10.3. The maximum Gasteiger partial charge on any atom is 0.316 e. The van der Waals surface area contributed by atoms with Gasteiger partial charge in [0, 0.05) is 92.4 Å². The summed E-state index contributed by atoms with van der Waals surface area (Å²) in [6, 6.07) is 29.0. The van der Waals surface area contributed by atoms with Crippen molar-refractivity contribution in [3.05, 3.63) is 259 Å². The Morgan fingerprint density at radius 3 is 1.20 bits per heavy atom. The molecule has 12 unspecified atom stereocenters. The third-order valence-electron chi connectivity index (χ3n) is 22.6. The largest absolute Gasteiger partial charge is 0.471 e. The zero-order valence-corrected chi connectivity index (χ0v) is 64.4. The second-order valence-electron chi connectivity index (χ2n) is 30.6. The van der Waals surface area contributed by atoms with Crippen LogP contribution in [-0.4, -0.2) is 203 Å². The van der Waals surface area contributed by atoms with Crippen LogP contribution in [0.1, 0.15) is 115 Å². The highest BCUT2D eigenvalue weighted by molar-refractivity contribution is 6.02. The Bertz CT molecular complexity index is 5530. The van der Waals surface area contributed by atoms with Crippen LogP contribution in [0.5, 0.6) is 23.7 Å². The number of hydrogen-bond donors (Lipinski definition) is 0. The molecule has 31 heteroatoms. The van der Waals surface area contributed by atoms with Crippen molar-refractivity contribution in [1.82, 2.24) is 104 Å². The van der Waals surface area contributed by atoms with Gasteiger partial charge in [-0.25, -0.2) is 63.6 Å². The van der Waals surface area contributed by atoms with Crippen LogP contribution in [0.2, 0.25) is 0 Å². The van der Waals surface area contributed by atoms with Crippen molar-refractivity contribution in [2.24, 2.45) is 23.7 Å². The molecule has 12 atom stereocenters. The third kappa shape index (κ3) is 16.5. The first-order chi connectivity index (χ1) is 57.1. The molecule has 0 spiro atoms. The number of carbonyl (C=O) groups excluding carboxylic acids is 4. The van der Waals surface area contributed by atoms with Crippen LogP contribution in [0.25, 0.3) is 39.9 Å². The Hall–Kier alpha value is -13.5. The average molecular weight is 1570 g/mol. The fourth-order valence-electron chi connectivity index (χ4n) is 17.4. The van der Waals surface area contributed by atoms with Gasteiger partial charge in [-0.15, -0.1) is 0 Å². The van der Waals surface area contributed by atoms with Gasteiger partial charge in [-0.3, -0.25) is 34.1 Å². The minimum atomic E-state index is -0.574. The van der Waals surface area contributed by atoms with E-state index in [-0.39, 0.29) is 83.3 Å². The summed E-state index contributed by atoms with van der Waals surface area (Å²) in [5, 5.41) is 8.35. The molecule has 592 valence electrons. The lowest BCUT2D eigenvalue weighted by Crippen LogP contribution is -2.47. The fourth-order valence-corrected chi connectivity index (χ4v) is 17.4. The van der Waals surface area contributed by atoms with E-state index in [1.165, 1.54) is 23.0 Å². The number of nitrogens with zero attached hydrogens (tertiary/aromatic N) is 21. The number of carbonyl (C=O) groups is 4. The Morgan fingerprint density at radius 1 is 0.350 bits per heavy atom. The SMILES string of the molecule is Cc1cnc(OC2CC3CC2N(C(=O)c2c(F)cccc2-c2ncccn2)C3)cn1.Cc1cnc(OC2CC3CC2N(C(=O)c2cc(F)ccc2-c2ncccn2)C3)cn1.Cc1cnc(OC2CC3CC2N(C(=O)c2ccccc2-c2ncccn2)C3)cn1.Cc1cnc(OC2CC3CC2N(C(=O)c2ccccc2-n2nccn2)C3)nc1. The number of aryl methyl sites for hydroxylation is 4. The lowest BCUT2D eigenvalue weighted by molar-refractivity contribution is 0.0451. The number of para-hydroxylation sites is 1. The second-order valence-corrected chi connectivity index (χ2v) is 30.6. The van der Waals surface area contributed by atoms with Gasteiger partial charge in [0.05, 0.1) is 119 Å². The first-order valence-corrected chi connectivity index (χ1v) is 39.1. The van der Waals surface area contributed by atoms with Crippen LogP contribution >= 0.6 is 0 Å². The smallest absolute Gasteiger partial charge is 0.316 e. The molecule has 117 heavy (non-hydrogen) atoms. The van der Waals surface area contributed by atoms with Crippen molar-refractivity contribution >= 4 is 23.6 Å². The van der Waals surface area contributed by atoms with Crippen LogP contribution < -0.4 is 18.9 Å². The van der Waals surface area contributed by atoms with Crippen molar-refractivity contribution in [2.45, 2.75) is 128 Å². The van der Waals surface area contributed by atoms with Crippen LogP contribution in [0.3, 0.4) is 0 Å². The summed E-state index contributed by atoms with van der Waals surface area (Å²) in [5.74, 6) is 2.62. The summed E-state index contributed by atoms with van der Waals surface area (Å²) >= 11 is 0. The number of piperidine rings is 4. The van der Waals surface area contributed by atoms with Crippen LogP contribution in [0, 0.1) is 63.0 Å². The molecule has 8 bridgehead atoms. The average Bonchev–Trinajstić information content (AvgIpc) is 1.65. The minimum absolute atomic E-state index is 0.00356. The number of amides is 4. The number of benzene rings is 4. The maximum atomic E-state index is 14.8. The number of hydrogen-bond acceptors (Lipinski definition) is 24. The van der Waals surface area contributed by atoms with Crippen molar-refractivity contribution < 1.29 is 46.9 Å². The molecule has 8 fully saturated rings. The van der Waals surface area contributed by atoms with E-state index in [1.54, 1.807) is 145 Å². The summed E-state index contributed by atoms with van der Waals surface area (Å²) < 4.78 is 53.1. The summed E-state index contributed by atoms with van der Waals surface area (Å²) in [5.41, 5.74) is 7.29. The van der Waals surface area contributed by atoms with E-state index in [9.17, 15) is 28.0 Å². The maximum absolute atomic E-state index is 14.8. The molecule has 4 saturated carbocycles. The Balaban J connectivity index is 0.000000112. The molecule has 4 amide bonds. The van der Waals surface area contributed by atoms with Gasteiger partial charge in [0.1, 0.15) is 36.1 Å². The summed E-state index contributed by atoms with van der Waals surface area (Å²) in [7, 11) is 0. The summed E-state index contributed by atoms with van der Waals surface area (Å²) in [4.78, 5) is 122. The van der Waals surface area contributed by atoms with Crippen molar-refractivity contribution in [1.29, 1.82) is 0 Å².